The van der Waals surface area contributed by atoms with E-state index in [9.17, 15) is 12.8 Å². The van der Waals surface area contributed by atoms with Gasteiger partial charge in [-0.2, -0.15) is 0 Å². The number of anilines is 1. The molecule has 102 valence electrons. The van der Waals surface area contributed by atoms with E-state index in [4.69, 9.17) is 5.73 Å². The van der Waals surface area contributed by atoms with Crippen LogP contribution in [0, 0.1) is 5.82 Å². The second kappa shape index (κ2) is 5.58. The highest BCUT2D eigenvalue weighted by Gasteiger charge is 2.19. The molecular weight excluding hydrogens is 355 g/mol. The monoisotopic (exact) mass is 364 g/mol. The molecule has 0 aliphatic heterocycles. The van der Waals surface area contributed by atoms with E-state index in [-0.39, 0.29) is 21.6 Å². The zero-order chi connectivity index (χ0) is 14.0. The van der Waals surface area contributed by atoms with Crippen molar-refractivity contribution in [3.05, 3.63) is 44.8 Å². The summed E-state index contributed by atoms with van der Waals surface area (Å²) in [5.41, 5.74) is 5.64. The molecule has 1 aromatic carbocycles. The van der Waals surface area contributed by atoms with Crippen LogP contribution in [-0.2, 0) is 16.6 Å². The summed E-state index contributed by atoms with van der Waals surface area (Å²) < 4.78 is 40.2. The van der Waals surface area contributed by atoms with Crippen molar-refractivity contribution in [3.63, 3.8) is 0 Å². The standard InChI is InChI=1S/C11H10BrFN2O2S2/c12-8-2-1-7(5-9(8)13)15-19(16,17)11-3-4-18-10(11)6-14/h1-5,15H,6,14H2. The summed E-state index contributed by atoms with van der Waals surface area (Å²) in [6.07, 6.45) is 0. The summed E-state index contributed by atoms with van der Waals surface area (Å²) in [7, 11) is -3.74. The Morgan fingerprint density at radius 1 is 1.37 bits per heavy atom. The Morgan fingerprint density at radius 3 is 2.74 bits per heavy atom. The molecule has 0 spiro atoms. The Hall–Kier alpha value is -0.960. The number of hydrogen-bond donors (Lipinski definition) is 2. The third-order valence-electron chi connectivity index (χ3n) is 2.35. The van der Waals surface area contributed by atoms with Crippen LogP contribution < -0.4 is 10.5 Å². The lowest BCUT2D eigenvalue weighted by Gasteiger charge is -2.08. The highest BCUT2D eigenvalue weighted by molar-refractivity contribution is 9.10. The van der Waals surface area contributed by atoms with Gasteiger partial charge >= 0.3 is 0 Å². The molecule has 8 heteroatoms. The van der Waals surface area contributed by atoms with Gasteiger partial charge < -0.3 is 5.73 Å². The van der Waals surface area contributed by atoms with Crippen LogP contribution in [0.15, 0.2) is 39.0 Å². The SMILES string of the molecule is NCc1sccc1S(=O)(=O)Nc1ccc(Br)c(F)c1. The van der Waals surface area contributed by atoms with Gasteiger partial charge in [-0.25, -0.2) is 12.8 Å². The van der Waals surface area contributed by atoms with E-state index in [0.717, 1.165) is 6.07 Å². The Bertz CT molecular complexity index is 700. The molecule has 1 aromatic heterocycles. The second-order valence-electron chi connectivity index (χ2n) is 3.65. The van der Waals surface area contributed by atoms with Crippen molar-refractivity contribution in [1.29, 1.82) is 0 Å². The third-order valence-corrected chi connectivity index (χ3v) is 5.53. The Balaban J connectivity index is 2.34. The molecule has 0 aliphatic rings. The largest absolute Gasteiger partial charge is 0.326 e. The first-order chi connectivity index (χ1) is 8.94. The molecule has 2 rings (SSSR count). The van der Waals surface area contributed by atoms with Crippen molar-refractivity contribution in [2.45, 2.75) is 11.4 Å². The molecule has 0 saturated carbocycles. The van der Waals surface area contributed by atoms with Crippen molar-refractivity contribution in [2.75, 3.05) is 4.72 Å². The highest BCUT2D eigenvalue weighted by atomic mass is 79.9. The average molecular weight is 365 g/mol. The van der Waals surface area contributed by atoms with E-state index in [0.29, 0.717) is 4.88 Å². The molecule has 0 amide bonds. The van der Waals surface area contributed by atoms with Gasteiger partial charge in [0.05, 0.1) is 10.2 Å². The molecule has 19 heavy (non-hydrogen) atoms. The van der Waals surface area contributed by atoms with Gasteiger partial charge in [0, 0.05) is 11.4 Å². The molecule has 1 heterocycles. The van der Waals surface area contributed by atoms with Crippen molar-refractivity contribution in [1.82, 2.24) is 0 Å². The fourth-order valence-electron chi connectivity index (χ4n) is 1.49. The minimum atomic E-state index is -3.74. The number of nitrogens with two attached hydrogens (primary N) is 1. The smallest absolute Gasteiger partial charge is 0.263 e. The molecule has 0 atom stereocenters. The number of nitrogens with one attached hydrogen (secondary N) is 1. The van der Waals surface area contributed by atoms with Gasteiger partial charge in [0.1, 0.15) is 10.7 Å². The summed E-state index contributed by atoms with van der Waals surface area (Å²) in [5, 5.41) is 1.65. The van der Waals surface area contributed by atoms with Gasteiger partial charge in [-0.3, -0.25) is 4.72 Å². The molecule has 3 N–H and O–H groups in total. The second-order valence-corrected chi connectivity index (χ2v) is 7.15. The summed E-state index contributed by atoms with van der Waals surface area (Å²) in [4.78, 5) is 0.688. The number of halogens is 2. The summed E-state index contributed by atoms with van der Waals surface area (Å²) in [5.74, 6) is -0.537. The van der Waals surface area contributed by atoms with Crippen molar-refractivity contribution >= 4 is 43.0 Å². The first-order valence-corrected chi connectivity index (χ1v) is 8.34. The van der Waals surface area contributed by atoms with Crippen LogP contribution in [0.1, 0.15) is 4.88 Å². The first kappa shape index (κ1) is 14.4. The minimum Gasteiger partial charge on any atom is -0.326 e. The molecule has 0 radical (unpaired) electrons. The number of benzene rings is 1. The van der Waals surface area contributed by atoms with Gasteiger partial charge in [-0.15, -0.1) is 11.3 Å². The van der Waals surface area contributed by atoms with E-state index in [1.54, 1.807) is 5.38 Å². The zero-order valence-corrected chi connectivity index (χ0v) is 12.8. The van der Waals surface area contributed by atoms with Gasteiger partial charge in [0.15, 0.2) is 0 Å². The highest BCUT2D eigenvalue weighted by Crippen LogP contribution is 2.25. The fourth-order valence-corrected chi connectivity index (χ4v) is 4.12. The maximum atomic E-state index is 13.3. The fraction of sp³-hybridized carbons (Fsp3) is 0.0909. The lowest BCUT2D eigenvalue weighted by molar-refractivity contribution is 0.600. The lowest BCUT2D eigenvalue weighted by Crippen LogP contribution is -2.14. The van der Waals surface area contributed by atoms with Gasteiger partial charge in [0.25, 0.3) is 10.0 Å². The van der Waals surface area contributed by atoms with Crippen molar-refractivity contribution in [2.24, 2.45) is 5.73 Å². The molecule has 2 aromatic rings. The molecule has 4 nitrogen and oxygen atoms in total. The van der Waals surface area contributed by atoms with Crippen LogP contribution in [0.5, 0.6) is 0 Å². The molecular formula is C11H10BrFN2O2S2. The quantitative estimate of drug-likeness (QED) is 0.875. The first-order valence-electron chi connectivity index (χ1n) is 5.18. The predicted octanol–water partition coefficient (Wildman–Crippen LogP) is 2.91. The Kier molecular flexibility index (Phi) is 4.24. The van der Waals surface area contributed by atoms with Crippen molar-refractivity contribution < 1.29 is 12.8 Å². The number of thiophene rings is 1. The van der Waals surface area contributed by atoms with Crippen LogP contribution in [0.3, 0.4) is 0 Å². The van der Waals surface area contributed by atoms with E-state index >= 15 is 0 Å². The normalized spacial score (nSPS) is 11.5. The number of sulfonamides is 1. The van der Waals surface area contributed by atoms with E-state index in [1.807, 2.05) is 0 Å². The topological polar surface area (TPSA) is 72.2 Å². The van der Waals surface area contributed by atoms with Crippen molar-refractivity contribution in [3.8, 4) is 0 Å². The van der Waals surface area contributed by atoms with Crippen LogP contribution >= 0.6 is 27.3 Å². The third kappa shape index (κ3) is 3.14. The maximum Gasteiger partial charge on any atom is 0.263 e. The van der Waals surface area contributed by atoms with Gasteiger partial charge in [-0.05, 0) is 45.6 Å². The minimum absolute atomic E-state index is 0.128. The van der Waals surface area contributed by atoms with Crippen LogP contribution in [0.4, 0.5) is 10.1 Å². The van der Waals surface area contributed by atoms with E-state index in [2.05, 4.69) is 20.7 Å². The van der Waals surface area contributed by atoms with E-state index < -0.39 is 15.8 Å². The molecule has 0 fully saturated rings. The van der Waals surface area contributed by atoms with Gasteiger partial charge in [0.2, 0.25) is 0 Å². The zero-order valence-electron chi connectivity index (χ0n) is 9.56. The van der Waals surface area contributed by atoms with Gasteiger partial charge in [-0.1, -0.05) is 0 Å². The summed E-state index contributed by atoms with van der Waals surface area (Å²) >= 11 is 4.27. The lowest BCUT2D eigenvalue weighted by atomic mass is 10.3. The van der Waals surface area contributed by atoms with E-state index in [1.165, 1.54) is 29.5 Å². The molecule has 0 saturated heterocycles. The Morgan fingerprint density at radius 2 is 2.11 bits per heavy atom. The Labute approximate surface area is 122 Å². The summed E-state index contributed by atoms with van der Waals surface area (Å²) in [6, 6.07) is 5.49. The number of hydrogen-bond acceptors (Lipinski definition) is 4. The molecule has 0 aliphatic carbocycles. The van der Waals surface area contributed by atoms with Crippen LogP contribution in [0.25, 0.3) is 0 Å². The molecule has 0 unspecified atom stereocenters. The van der Waals surface area contributed by atoms with Crippen LogP contribution in [-0.4, -0.2) is 8.42 Å². The number of rotatable bonds is 4. The average Bonchev–Trinajstić information content (AvgIpc) is 2.82. The predicted molar refractivity (Wildman–Crippen MR) is 77.1 cm³/mol. The summed E-state index contributed by atoms with van der Waals surface area (Å²) in [6.45, 7) is 0.141. The van der Waals surface area contributed by atoms with Crippen LogP contribution in [0.2, 0.25) is 0 Å². The maximum absolute atomic E-state index is 13.3. The molecule has 0 bridgehead atoms.